The molecule has 0 atom stereocenters. The van der Waals surface area contributed by atoms with Crippen molar-refractivity contribution in [2.45, 2.75) is 38.1 Å². The molecule has 0 aliphatic carbocycles. The van der Waals surface area contributed by atoms with Gasteiger partial charge in [0.25, 0.3) is 0 Å². The quantitative estimate of drug-likeness (QED) is 0.908. The Hall–Kier alpha value is -2.05. The summed E-state index contributed by atoms with van der Waals surface area (Å²) >= 11 is 0. The second kappa shape index (κ2) is 6.35. The van der Waals surface area contributed by atoms with Crippen LogP contribution in [0.4, 0.5) is 0 Å². The maximum Gasteiger partial charge on any atom is 0.241 e. The van der Waals surface area contributed by atoms with E-state index in [4.69, 9.17) is 9.47 Å². The van der Waals surface area contributed by atoms with Crippen molar-refractivity contribution >= 4 is 10.0 Å². The average Bonchev–Trinajstić information content (AvgIpc) is 2.53. The minimum absolute atomic E-state index is 0.295. The van der Waals surface area contributed by atoms with Crippen LogP contribution in [0.25, 0.3) is 0 Å². The summed E-state index contributed by atoms with van der Waals surface area (Å²) < 4.78 is 39.7. The Morgan fingerprint density at radius 1 is 0.960 bits per heavy atom. The predicted octanol–water partition coefficient (Wildman–Crippen LogP) is 3.29. The molecule has 1 N–H and O–H groups in total. The molecule has 6 heteroatoms. The number of hydrogen-bond acceptors (Lipinski definition) is 4. The average molecular weight is 361 g/mol. The van der Waals surface area contributed by atoms with Crippen molar-refractivity contribution in [2.75, 3.05) is 13.2 Å². The molecule has 2 aromatic carbocycles. The summed E-state index contributed by atoms with van der Waals surface area (Å²) in [5, 5.41) is 0. The maximum atomic E-state index is 12.9. The fraction of sp³-hybridized carbons (Fsp3) is 0.368. The van der Waals surface area contributed by atoms with Crippen molar-refractivity contribution in [3.05, 3.63) is 53.1 Å². The molecule has 25 heavy (non-hydrogen) atoms. The Morgan fingerprint density at radius 2 is 1.64 bits per heavy atom. The molecule has 1 aliphatic rings. The van der Waals surface area contributed by atoms with Gasteiger partial charge in [-0.1, -0.05) is 23.8 Å². The molecular formula is C19H23NO4S. The van der Waals surface area contributed by atoms with E-state index in [0.717, 1.165) is 16.7 Å². The SMILES string of the molecule is Cc1ccc(S(=O)(=O)NC(C)(C)c2ccc3c(c2)OCCO3)c(C)c1. The Morgan fingerprint density at radius 3 is 2.32 bits per heavy atom. The number of hydrogen-bond donors (Lipinski definition) is 1. The first-order valence-corrected chi connectivity index (χ1v) is 9.69. The number of ether oxygens (including phenoxy) is 2. The van der Waals surface area contributed by atoms with Gasteiger partial charge >= 0.3 is 0 Å². The summed E-state index contributed by atoms with van der Waals surface area (Å²) in [7, 11) is -3.66. The molecule has 1 heterocycles. The molecule has 134 valence electrons. The van der Waals surface area contributed by atoms with Gasteiger partial charge in [0.15, 0.2) is 11.5 Å². The number of aryl methyl sites for hydroxylation is 2. The zero-order valence-corrected chi connectivity index (χ0v) is 15.7. The van der Waals surface area contributed by atoms with E-state index >= 15 is 0 Å². The van der Waals surface area contributed by atoms with Gasteiger partial charge in [-0.2, -0.15) is 0 Å². The van der Waals surface area contributed by atoms with Crippen LogP contribution in [-0.4, -0.2) is 21.6 Å². The lowest BCUT2D eigenvalue weighted by Gasteiger charge is -2.28. The number of nitrogens with one attached hydrogen (secondary N) is 1. The maximum absolute atomic E-state index is 12.9. The standard InChI is InChI=1S/C19H23NO4S/c1-13-5-8-18(14(2)11-13)25(21,22)20-19(3,4)15-6-7-16-17(12-15)24-10-9-23-16/h5-8,11-12,20H,9-10H2,1-4H3. The molecule has 0 aromatic heterocycles. The van der Waals surface area contributed by atoms with E-state index in [9.17, 15) is 8.42 Å². The van der Waals surface area contributed by atoms with Gasteiger partial charge in [0.2, 0.25) is 10.0 Å². The van der Waals surface area contributed by atoms with Crippen molar-refractivity contribution in [1.29, 1.82) is 0 Å². The highest BCUT2D eigenvalue weighted by molar-refractivity contribution is 7.89. The molecular weight excluding hydrogens is 338 g/mol. The second-order valence-electron chi connectivity index (χ2n) is 6.86. The second-order valence-corrected chi connectivity index (χ2v) is 8.51. The highest BCUT2D eigenvalue weighted by Crippen LogP contribution is 2.35. The van der Waals surface area contributed by atoms with Crippen LogP contribution in [0.15, 0.2) is 41.3 Å². The number of sulfonamides is 1. The van der Waals surface area contributed by atoms with Crippen molar-refractivity contribution < 1.29 is 17.9 Å². The van der Waals surface area contributed by atoms with Crippen LogP contribution in [0, 0.1) is 13.8 Å². The van der Waals surface area contributed by atoms with Crippen molar-refractivity contribution in [2.24, 2.45) is 0 Å². The molecule has 3 rings (SSSR count). The van der Waals surface area contributed by atoms with Crippen LogP contribution in [0.2, 0.25) is 0 Å². The Balaban J connectivity index is 1.92. The lowest BCUT2D eigenvalue weighted by Crippen LogP contribution is -2.41. The third-order valence-electron chi connectivity index (χ3n) is 4.27. The highest BCUT2D eigenvalue weighted by Gasteiger charge is 2.30. The lowest BCUT2D eigenvalue weighted by atomic mass is 9.95. The molecule has 1 aliphatic heterocycles. The first-order chi connectivity index (χ1) is 11.7. The third kappa shape index (κ3) is 3.65. The first kappa shape index (κ1) is 17.8. The van der Waals surface area contributed by atoms with E-state index in [1.165, 1.54) is 0 Å². The molecule has 0 spiro atoms. The van der Waals surface area contributed by atoms with E-state index in [1.54, 1.807) is 19.1 Å². The van der Waals surface area contributed by atoms with Gasteiger partial charge in [-0.3, -0.25) is 0 Å². The van der Waals surface area contributed by atoms with Gasteiger partial charge in [0.1, 0.15) is 13.2 Å². The smallest absolute Gasteiger partial charge is 0.241 e. The molecule has 0 saturated heterocycles. The van der Waals surface area contributed by atoms with E-state index in [0.29, 0.717) is 29.6 Å². The summed E-state index contributed by atoms with van der Waals surface area (Å²) in [5.41, 5.74) is 1.77. The summed E-state index contributed by atoms with van der Waals surface area (Å²) in [6.45, 7) is 8.42. The Labute approximate surface area is 149 Å². The summed E-state index contributed by atoms with van der Waals surface area (Å²) in [6.07, 6.45) is 0. The van der Waals surface area contributed by atoms with Crippen molar-refractivity contribution in [3.63, 3.8) is 0 Å². The molecule has 0 bridgehead atoms. The topological polar surface area (TPSA) is 64.6 Å². The van der Waals surface area contributed by atoms with Gasteiger partial charge in [0, 0.05) is 0 Å². The Bertz CT molecular complexity index is 904. The van der Waals surface area contributed by atoms with Crippen LogP contribution >= 0.6 is 0 Å². The first-order valence-electron chi connectivity index (χ1n) is 8.20. The fourth-order valence-electron chi connectivity index (χ4n) is 2.98. The van der Waals surface area contributed by atoms with Crippen LogP contribution in [0.5, 0.6) is 11.5 Å². The summed E-state index contributed by atoms with van der Waals surface area (Å²) in [6, 6.07) is 10.8. The normalized spacial score (nSPS) is 14.4. The third-order valence-corrected chi connectivity index (χ3v) is 6.09. The Kier molecular flexibility index (Phi) is 4.51. The molecule has 0 fully saturated rings. The van der Waals surface area contributed by atoms with E-state index in [1.807, 2.05) is 45.0 Å². The summed E-state index contributed by atoms with van der Waals surface area (Å²) in [4.78, 5) is 0.295. The molecule has 0 radical (unpaired) electrons. The minimum Gasteiger partial charge on any atom is -0.486 e. The molecule has 0 saturated carbocycles. The molecule has 5 nitrogen and oxygen atoms in total. The zero-order valence-electron chi connectivity index (χ0n) is 14.9. The van der Waals surface area contributed by atoms with E-state index < -0.39 is 15.6 Å². The largest absolute Gasteiger partial charge is 0.486 e. The van der Waals surface area contributed by atoms with Crippen molar-refractivity contribution in [1.82, 2.24) is 4.72 Å². The lowest BCUT2D eigenvalue weighted by molar-refractivity contribution is 0.171. The van der Waals surface area contributed by atoms with Gasteiger partial charge < -0.3 is 9.47 Å². The number of benzene rings is 2. The van der Waals surface area contributed by atoms with Crippen LogP contribution in [0.3, 0.4) is 0 Å². The van der Waals surface area contributed by atoms with Gasteiger partial charge in [-0.25, -0.2) is 13.1 Å². The monoisotopic (exact) mass is 361 g/mol. The molecule has 0 amide bonds. The zero-order chi connectivity index (χ0) is 18.2. The fourth-order valence-corrected chi connectivity index (χ4v) is 4.61. The number of rotatable bonds is 4. The minimum atomic E-state index is -3.66. The van der Waals surface area contributed by atoms with Gasteiger partial charge in [-0.05, 0) is 57.0 Å². The van der Waals surface area contributed by atoms with E-state index in [-0.39, 0.29) is 0 Å². The van der Waals surface area contributed by atoms with E-state index in [2.05, 4.69) is 4.72 Å². The van der Waals surface area contributed by atoms with Gasteiger partial charge in [-0.15, -0.1) is 0 Å². The van der Waals surface area contributed by atoms with Crippen LogP contribution in [-0.2, 0) is 15.6 Å². The van der Waals surface area contributed by atoms with Crippen LogP contribution in [0.1, 0.15) is 30.5 Å². The predicted molar refractivity (Wildman–Crippen MR) is 96.7 cm³/mol. The summed E-state index contributed by atoms with van der Waals surface area (Å²) in [5.74, 6) is 1.32. The van der Waals surface area contributed by atoms with Gasteiger partial charge in [0.05, 0.1) is 10.4 Å². The number of fused-ring (bicyclic) bond motifs is 1. The molecule has 0 unspecified atom stereocenters. The van der Waals surface area contributed by atoms with Crippen LogP contribution < -0.4 is 14.2 Å². The highest BCUT2D eigenvalue weighted by atomic mass is 32.2. The molecule has 2 aromatic rings. The van der Waals surface area contributed by atoms with Crippen molar-refractivity contribution in [3.8, 4) is 11.5 Å².